The van der Waals surface area contributed by atoms with Crippen LogP contribution in [0.25, 0.3) is 10.4 Å². The first kappa shape index (κ1) is 20.8. The van der Waals surface area contributed by atoms with E-state index in [0.717, 1.165) is 31.7 Å². The summed E-state index contributed by atoms with van der Waals surface area (Å²) in [7, 11) is 0. The first-order valence-corrected chi connectivity index (χ1v) is 11.3. The molecule has 0 radical (unpaired) electrons. The van der Waals surface area contributed by atoms with E-state index in [-0.39, 0.29) is 0 Å². The first-order chi connectivity index (χ1) is 14.5. The maximum absolute atomic E-state index is 11.1. The van der Waals surface area contributed by atoms with E-state index in [1.165, 1.54) is 16.0 Å². The van der Waals surface area contributed by atoms with Gasteiger partial charge in [0.05, 0.1) is 5.56 Å². The molecule has 0 unspecified atom stereocenters. The third kappa shape index (κ3) is 4.81. The molecule has 1 aliphatic rings. The predicted molar refractivity (Wildman–Crippen MR) is 123 cm³/mol. The van der Waals surface area contributed by atoms with E-state index in [2.05, 4.69) is 65.4 Å². The average Bonchev–Trinajstić information content (AvgIpc) is 3.26. The quantitative estimate of drug-likeness (QED) is 0.595. The minimum absolute atomic E-state index is 0.342. The summed E-state index contributed by atoms with van der Waals surface area (Å²) in [6, 6.07) is 21.4. The third-order valence-corrected chi connectivity index (χ3v) is 6.83. The smallest absolute Gasteiger partial charge is 0.335 e. The number of benzene rings is 2. The predicted octanol–water partition coefficient (Wildman–Crippen LogP) is 5.21. The Kier molecular flexibility index (Phi) is 6.32. The van der Waals surface area contributed by atoms with Gasteiger partial charge in [-0.05, 0) is 54.1 Å². The molecule has 3 aromatic rings. The van der Waals surface area contributed by atoms with E-state index in [1.807, 2.05) is 12.1 Å². The van der Waals surface area contributed by atoms with Crippen LogP contribution in [0.5, 0.6) is 0 Å². The Bertz CT molecular complexity index is 955. The molecule has 1 aliphatic heterocycles. The number of thiophene rings is 1. The number of carboxylic acid groups (broad SMARTS) is 1. The van der Waals surface area contributed by atoms with Gasteiger partial charge in [0, 0.05) is 43.1 Å². The molecule has 0 spiro atoms. The van der Waals surface area contributed by atoms with Crippen molar-refractivity contribution in [3.63, 3.8) is 0 Å². The summed E-state index contributed by atoms with van der Waals surface area (Å²) in [5, 5.41) is 11.2. The highest BCUT2D eigenvalue weighted by molar-refractivity contribution is 7.13. The van der Waals surface area contributed by atoms with Crippen molar-refractivity contribution in [3.8, 4) is 10.4 Å². The molecule has 0 amide bonds. The van der Waals surface area contributed by atoms with E-state index in [4.69, 9.17) is 5.11 Å². The zero-order valence-corrected chi connectivity index (χ0v) is 18.3. The lowest BCUT2D eigenvalue weighted by atomic mass is 10.0. The first-order valence-electron chi connectivity index (χ1n) is 10.4. The minimum atomic E-state index is -0.875. The molecule has 4 nitrogen and oxygen atoms in total. The van der Waals surface area contributed by atoms with Crippen LogP contribution in [0.1, 0.15) is 35.3 Å². The van der Waals surface area contributed by atoms with Crippen molar-refractivity contribution in [2.24, 2.45) is 0 Å². The van der Waals surface area contributed by atoms with Gasteiger partial charge in [-0.1, -0.05) is 42.5 Å². The molecule has 5 heteroatoms. The molecule has 4 rings (SSSR count). The fourth-order valence-electron chi connectivity index (χ4n) is 4.35. The van der Waals surface area contributed by atoms with Crippen LogP contribution in [0.2, 0.25) is 0 Å². The Balaban J connectivity index is 1.36. The third-order valence-electron chi connectivity index (χ3n) is 5.91. The standard InChI is InChI=1S/C25H28N2O2S/c1-18-14-26(16-20-5-9-22(10-6-20)24-4-3-13-30-24)15-19(2)27(18)17-21-7-11-23(12-8-21)25(28)29/h3-13,18-19H,14-17H2,1-2H3,(H,28,29)/t18-,19+. The molecular weight excluding hydrogens is 392 g/mol. The largest absolute Gasteiger partial charge is 0.478 e. The van der Waals surface area contributed by atoms with E-state index in [1.54, 1.807) is 23.5 Å². The fraction of sp³-hybridized carbons (Fsp3) is 0.320. The van der Waals surface area contributed by atoms with Crippen LogP contribution < -0.4 is 0 Å². The number of hydrogen-bond acceptors (Lipinski definition) is 4. The maximum Gasteiger partial charge on any atom is 0.335 e. The van der Waals surface area contributed by atoms with Crippen molar-refractivity contribution >= 4 is 17.3 Å². The molecule has 156 valence electrons. The molecule has 1 fully saturated rings. The zero-order chi connectivity index (χ0) is 21.1. The Morgan fingerprint density at radius 3 is 2.10 bits per heavy atom. The summed E-state index contributed by atoms with van der Waals surface area (Å²) < 4.78 is 0. The van der Waals surface area contributed by atoms with Gasteiger partial charge in [-0.3, -0.25) is 9.80 Å². The summed E-state index contributed by atoms with van der Waals surface area (Å²) >= 11 is 1.78. The number of rotatable bonds is 6. The number of carboxylic acids is 1. The van der Waals surface area contributed by atoms with E-state index < -0.39 is 5.97 Å². The van der Waals surface area contributed by atoms with Gasteiger partial charge in [0.25, 0.3) is 0 Å². The van der Waals surface area contributed by atoms with Crippen molar-refractivity contribution in [1.29, 1.82) is 0 Å². The topological polar surface area (TPSA) is 43.8 Å². The number of aromatic carboxylic acids is 1. The molecule has 2 aromatic carbocycles. The Morgan fingerprint density at radius 1 is 0.933 bits per heavy atom. The number of carbonyl (C=O) groups is 1. The van der Waals surface area contributed by atoms with E-state index in [9.17, 15) is 4.79 Å². The molecule has 0 bridgehead atoms. The van der Waals surface area contributed by atoms with E-state index >= 15 is 0 Å². The van der Waals surface area contributed by atoms with E-state index in [0.29, 0.717) is 17.6 Å². The van der Waals surface area contributed by atoms with Gasteiger partial charge in [0.15, 0.2) is 0 Å². The number of hydrogen-bond donors (Lipinski definition) is 1. The van der Waals surface area contributed by atoms with Crippen molar-refractivity contribution in [1.82, 2.24) is 9.80 Å². The van der Waals surface area contributed by atoms with Crippen molar-refractivity contribution in [2.45, 2.75) is 39.0 Å². The minimum Gasteiger partial charge on any atom is -0.478 e. The monoisotopic (exact) mass is 420 g/mol. The Morgan fingerprint density at radius 2 is 1.53 bits per heavy atom. The van der Waals surface area contributed by atoms with Crippen LogP contribution in [0.15, 0.2) is 66.0 Å². The van der Waals surface area contributed by atoms with Gasteiger partial charge in [0.1, 0.15) is 0 Å². The zero-order valence-electron chi connectivity index (χ0n) is 17.5. The van der Waals surface area contributed by atoms with Gasteiger partial charge < -0.3 is 5.11 Å². The van der Waals surface area contributed by atoms with Crippen LogP contribution in [0.3, 0.4) is 0 Å². The van der Waals surface area contributed by atoms with Crippen molar-refractivity contribution < 1.29 is 9.90 Å². The molecule has 30 heavy (non-hydrogen) atoms. The van der Waals surface area contributed by atoms with Crippen LogP contribution in [-0.2, 0) is 13.1 Å². The van der Waals surface area contributed by atoms with Crippen LogP contribution in [0.4, 0.5) is 0 Å². The summed E-state index contributed by atoms with van der Waals surface area (Å²) in [6.45, 7) is 8.46. The summed E-state index contributed by atoms with van der Waals surface area (Å²) in [6.07, 6.45) is 0. The Labute approximate surface area is 182 Å². The maximum atomic E-state index is 11.1. The number of piperazine rings is 1. The molecular formula is C25H28N2O2S. The van der Waals surface area contributed by atoms with Crippen LogP contribution in [0, 0.1) is 0 Å². The molecule has 1 N–H and O–H groups in total. The normalized spacial score (nSPS) is 20.3. The van der Waals surface area contributed by atoms with Gasteiger partial charge in [0.2, 0.25) is 0 Å². The Hall–Kier alpha value is -2.47. The summed E-state index contributed by atoms with van der Waals surface area (Å²) in [5.74, 6) is -0.875. The lowest BCUT2D eigenvalue weighted by Crippen LogP contribution is -2.55. The highest BCUT2D eigenvalue weighted by Gasteiger charge is 2.29. The fourth-order valence-corrected chi connectivity index (χ4v) is 5.08. The number of nitrogens with zero attached hydrogens (tertiary/aromatic N) is 2. The second kappa shape index (κ2) is 9.13. The van der Waals surface area contributed by atoms with Gasteiger partial charge in [-0.15, -0.1) is 11.3 Å². The highest BCUT2D eigenvalue weighted by Crippen LogP contribution is 2.26. The van der Waals surface area contributed by atoms with Crippen LogP contribution in [-0.4, -0.2) is 46.0 Å². The van der Waals surface area contributed by atoms with Gasteiger partial charge in [-0.2, -0.15) is 0 Å². The van der Waals surface area contributed by atoms with Gasteiger partial charge in [-0.25, -0.2) is 4.79 Å². The molecule has 2 atom stereocenters. The molecule has 1 saturated heterocycles. The summed E-state index contributed by atoms with van der Waals surface area (Å²) in [4.78, 5) is 17.4. The lowest BCUT2D eigenvalue weighted by molar-refractivity contribution is 0.0290. The average molecular weight is 421 g/mol. The molecule has 2 heterocycles. The SMILES string of the molecule is C[C@@H]1CN(Cc2ccc(-c3cccs3)cc2)C[C@H](C)N1Cc1ccc(C(=O)O)cc1. The molecule has 0 saturated carbocycles. The molecule has 0 aliphatic carbocycles. The molecule has 1 aromatic heterocycles. The van der Waals surface area contributed by atoms with Crippen molar-refractivity contribution in [3.05, 3.63) is 82.7 Å². The second-order valence-corrected chi connectivity index (χ2v) is 9.19. The van der Waals surface area contributed by atoms with Gasteiger partial charge >= 0.3 is 5.97 Å². The highest BCUT2D eigenvalue weighted by atomic mass is 32.1. The van der Waals surface area contributed by atoms with Crippen LogP contribution >= 0.6 is 11.3 Å². The lowest BCUT2D eigenvalue weighted by Gasteiger charge is -2.44. The summed E-state index contributed by atoms with van der Waals surface area (Å²) in [5.41, 5.74) is 4.15. The van der Waals surface area contributed by atoms with Crippen molar-refractivity contribution in [2.75, 3.05) is 13.1 Å². The second-order valence-electron chi connectivity index (χ2n) is 8.24.